The Hall–Kier alpha value is -1.39. The predicted molar refractivity (Wildman–Crippen MR) is 59.7 cm³/mol. The summed E-state index contributed by atoms with van der Waals surface area (Å²) in [6.07, 6.45) is 4.50. The van der Waals surface area contributed by atoms with Gasteiger partial charge in [0.2, 0.25) is 5.91 Å². The van der Waals surface area contributed by atoms with Crippen molar-refractivity contribution in [3.05, 3.63) is 12.4 Å². The van der Waals surface area contributed by atoms with Crippen molar-refractivity contribution in [2.24, 2.45) is 5.41 Å². The molecule has 16 heavy (non-hydrogen) atoms. The third kappa shape index (κ3) is 2.08. The second-order valence-electron chi connectivity index (χ2n) is 5.33. The molecule has 0 spiro atoms. The van der Waals surface area contributed by atoms with E-state index in [4.69, 9.17) is 0 Å². The lowest BCUT2D eigenvalue weighted by molar-refractivity contribution is -0.138. The minimum absolute atomic E-state index is 0.218. The number of rotatable bonds is 1. The van der Waals surface area contributed by atoms with Gasteiger partial charge in [0, 0.05) is 24.7 Å². The fraction of sp³-hybridized carbons (Fsp3) is 0.727. The molecular weight excluding hydrogens is 204 g/mol. The molecule has 0 aromatic carbocycles. The van der Waals surface area contributed by atoms with Crippen molar-refractivity contribution >= 4 is 5.91 Å². The molecule has 1 aliphatic rings. The van der Waals surface area contributed by atoms with E-state index in [0.29, 0.717) is 0 Å². The zero-order chi connectivity index (χ0) is 11.8. The van der Waals surface area contributed by atoms with Gasteiger partial charge in [-0.1, -0.05) is 26.0 Å². The van der Waals surface area contributed by atoms with Crippen molar-refractivity contribution in [1.29, 1.82) is 0 Å². The van der Waals surface area contributed by atoms with Gasteiger partial charge in [-0.2, -0.15) is 0 Å². The molecule has 5 nitrogen and oxygen atoms in total. The van der Waals surface area contributed by atoms with E-state index in [0.717, 1.165) is 19.5 Å². The number of likely N-dealkylation sites (tertiary alicyclic amines) is 1. The number of carbonyl (C=O) groups excluding carboxylic acids is 1. The van der Waals surface area contributed by atoms with E-state index in [2.05, 4.69) is 10.3 Å². The Balaban J connectivity index is 2.01. The molecule has 1 aromatic heterocycles. The van der Waals surface area contributed by atoms with Crippen molar-refractivity contribution in [1.82, 2.24) is 19.9 Å². The van der Waals surface area contributed by atoms with E-state index >= 15 is 0 Å². The molecule has 1 aromatic rings. The lowest BCUT2D eigenvalue weighted by atomic mass is 9.95. The minimum atomic E-state index is -0.294. The van der Waals surface area contributed by atoms with E-state index in [9.17, 15) is 4.79 Å². The van der Waals surface area contributed by atoms with Crippen LogP contribution >= 0.6 is 0 Å². The van der Waals surface area contributed by atoms with Crippen LogP contribution in [0, 0.1) is 5.41 Å². The van der Waals surface area contributed by atoms with Gasteiger partial charge in [-0.15, -0.1) is 5.10 Å². The topological polar surface area (TPSA) is 51.0 Å². The summed E-state index contributed by atoms with van der Waals surface area (Å²) >= 11 is 0. The van der Waals surface area contributed by atoms with E-state index in [-0.39, 0.29) is 17.4 Å². The first-order valence-corrected chi connectivity index (χ1v) is 5.63. The van der Waals surface area contributed by atoms with Crippen molar-refractivity contribution in [2.75, 3.05) is 13.1 Å². The van der Waals surface area contributed by atoms with E-state index in [1.165, 1.54) is 0 Å². The van der Waals surface area contributed by atoms with Crippen molar-refractivity contribution < 1.29 is 4.79 Å². The molecule has 2 rings (SSSR count). The van der Waals surface area contributed by atoms with Gasteiger partial charge in [0.05, 0.1) is 12.2 Å². The lowest BCUT2D eigenvalue weighted by Gasteiger charge is -2.25. The Morgan fingerprint density at radius 3 is 2.75 bits per heavy atom. The largest absolute Gasteiger partial charge is 0.340 e. The molecule has 0 bridgehead atoms. The van der Waals surface area contributed by atoms with E-state index in [1.54, 1.807) is 6.20 Å². The maximum Gasteiger partial charge on any atom is 0.228 e. The van der Waals surface area contributed by atoms with Gasteiger partial charge in [-0.25, -0.2) is 4.68 Å². The molecule has 1 aliphatic heterocycles. The van der Waals surface area contributed by atoms with Crippen LogP contribution < -0.4 is 0 Å². The average molecular weight is 222 g/mol. The van der Waals surface area contributed by atoms with Crippen molar-refractivity contribution in [2.45, 2.75) is 33.2 Å². The molecular formula is C11H18N4O. The first-order valence-electron chi connectivity index (χ1n) is 5.63. The molecule has 1 saturated heterocycles. The van der Waals surface area contributed by atoms with Crippen LogP contribution in [0.2, 0.25) is 0 Å². The number of hydrogen-bond acceptors (Lipinski definition) is 3. The van der Waals surface area contributed by atoms with Gasteiger partial charge in [0.25, 0.3) is 0 Å². The summed E-state index contributed by atoms with van der Waals surface area (Å²) in [5, 5.41) is 7.78. The normalized spacial score (nSPS) is 21.4. The Morgan fingerprint density at radius 2 is 2.19 bits per heavy atom. The molecule has 5 heteroatoms. The zero-order valence-corrected chi connectivity index (χ0v) is 10.1. The van der Waals surface area contributed by atoms with Crippen LogP contribution in [0.4, 0.5) is 0 Å². The highest BCUT2D eigenvalue weighted by atomic mass is 16.2. The standard InChI is InChI=1S/C11H18N4O/c1-11(2,3)10(16)14-6-4-9(8-14)15-7-5-12-13-15/h5,7,9H,4,6,8H2,1-3H3/t9-/m0/s1. The van der Waals surface area contributed by atoms with Crippen LogP contribution in [-0.2, 0) is 4.79 Å². The Bertz CT molecular complexity index is 366. The fourth-order valence-corrected chi connectivity index (χ4v) is 2.03. The third-order valence-corrected chi connectivity index (χ3v) is 2.91. The minimum Gasteiger partial charge on any atom is -0.340 e. The SMILES string of the molecule is CC(C)(C)C(=O)N1CC[C@H](n2ccnn2)C1. The Kier molecular flexibility index (Phi) is 2.69. The van der Waals surface area contributed by atoms with Gasteiger partial charge in [-0.05, 0) is 6.42 Å². The summed E-state index contributed by atoms with van der Waals surface area (Å²) in [6.45, 7) is 7.44. The van der Waals surface area contributed by atoms with Crippen LogP contribution in [0.3, 0.4) is 0 Å². The predicted octanol–water partition coefficient (Wildman–Crippen LogP) is 1.10. The third-order valence-electron chi connectivity index (χ3n) is 2.91. The number of hydrogen-bond donors (Lipinski definition) is 0. The van der Waals surface area contributed by atoms with Crippen molar-refractivity contribution in [3.8, 4) is 0 Å². The fourth-order valence-electron chi connectivity index (χ4n) is 2.03. The molecule has 0 saturated carbocycles. The number of aromatic nitrogens is 3. The van der Waals surface area contributed by atoms with Gasteiger partial charge < -0.3 is 4.90 Å². The summed E-state index contributed by atoms with van der Waals surface area (Å²) in [4.78, 5) is 14.0. The number of nitrogens with zero attached hydrogens (tertiary/aromatic N) is 4. The van der Waals surface area contributed by atoms with Crippen LogP contribution in [0.5, 0.6) is 0 Å². The van der Waals surface area contributed by atoms with Crippen molar-refractivity contribution in [3.63, 3.8) is 0 Å². The highest BCUT2D eigenvalue weighted by Crippen LogP contribution is 2.25. The lowest BCUT2D eigenvalue weighted by Crippen LogP contribution is -2.38. The van der Waals surface area contributed by atoms with E-state index < -0.39 is 0 Å². The second-order valence-corrected chi connectivity index (χ2v) is 5.33. The Labute approximate surface area is 95.4 Å². The molecule has 88 valence electrons. The molecule has 0 N–H and O–H groups in total. The quantitative estimate of drug-likeness (QED) is 0.715. The average Bonchev–Trinajstić information content (AvgIpc) is 2.85. The molecule has 0 radical (unpaired) electrons. The first-order chi connectivity index (χ1) is 7.48. The maximum absolute atomic E-state index is 12.1. The van der Waals surface area contributed by atoms with Gasteiger partial charge in [-0.3, -0.25) is 4.79 Å². The van der Waals surface area contributed by atoms with Crippen LogP contribution in [0.15, 0.2) is 12.4 Å². The molecule has 0 unspecified atom stereocenters. The summed E-state index contributed by atoms with van der Waals surface area (Å²) in [5.41, 5.74) is -0.294. The number of amides is 1. The van der Waals surface area contributed by atoms with Gasteiger partial charge in [0.15, 0.2) is 0 Å². The second kappa shape index (κ2) is 3.88. The first kappa shape index (κ1) is 11.1. The molecule has 1 atom stereocenters. The van der Waals surface area contributed by atoms with E-state index in [1.807, 2.05) is 36.5 Å². The van der Waals surface area contributed by atoms with Crippen LogP contribution in [0.25, 0.3) is 0 Å². The highest BCUT2D eigenvalue weighted by Gasteiger charge is 2.33. The number of carbonyl (C=O) groups is 1. The monoisotopic (exact) mass is 222 g/mol. The highest BCUT2D eigenvalue weighted by molar-refractivity contribution is 5.81. The molecule has 1 amide bonds. The zero-order valence-electron chi connectivity index (χ0n) is 10.1. The maximum atomic E-state index is 12.1. The van der Waals surface area contributed by atoms with Gasteiger partial charge in [0.1, 0.15) is 0 Å². The summed E-state index contributed by atoms with van der Waals surface area (Å²) in [7, 11) is 0. The molecule has 1 fully saturated rings. The van der Waals surface area contributed by atoms with Crippen LogP contribution in [-0.4, -0.2) is 38.9 Å². The molecule has 2 heterocycles. The summed E-state index contributed by atoms with van der Waals surface area (Å²) in [5.74, 6) is 0.218. The smallest absolute Gasteiger partial charge is 0.228 e. The summed E-state index contributed by atoms with van der Waals surface area (Å²) in [6, 6.07) is 0.286. The Morgan fingerprint density at radius 1 is 1.44 bits per heavy atom. The molecule has 0 aliphatic carbocycles. The van der Waals surface area contributed by atoms with Crippen LogP contribution in [0.1, 0.15) is 33.2 Å². The van der Waals surface area contributed by atoms with Gasteiger partial charge >= 0.3 is 0 Å². The summed E-state index contributed by atoms with van der Waals surface area (Å²) < 4.78 is 1.84.